The van der Waals surface area contributed by atoms with E-state index in [4.69, 9.17) is 9.51 Å². The van der Waals surface area contributed by atoms with Crippen LogP contribution >= 0.6 is 0 Å². The van der Waals surface area contributed by atoms with E-state index >= 15 is 0 Å². The molecular weight excluding hydrogens is 460 g/mol. The predicted octanol–water partition coefficient (Wildman–Crippen LogP) is 5.93. The van der Waals surface area contributed by atoms with E-state index in [9.17, 15) is 8.78 Å². The molecule has 0 fully saturated rings. The number of rotatable bonds is 9. The number of hydrogen-bond donors (Lipinski definition) is 2. The van der Waals surface area contributed by atoms with Crippen LogP contribution < -0.4 is 10.6 Å². The minimum Gasteiger partial charge on any atom is -0.373 e. The fourth-order valence-electron chi connectivity index (χ4n) is 5.00. The number of halogens is 2. The summed E-state index contributed by atoms with van der Waals surface area (Å²) >= 11 is 0. The monoisotopic (exact) mass is 495 g/mol. The molecule has 2 aromatic heterocycles. The number of aryl methyl sites for hydroxylation is 2. The van der Waals surface area contributed by atoms with Crippen molar-refractivity contribution in [3.63, 3.8) is 0 Å². The summed E-state index contributed by atoms with van der Waals surface area (Å²) in [5, 5.41) is 10.3. The molecule has 1 aromatic carbocycles. The molecule has 0 atom stereocenters. The lowest BCUT2D eigenvalue weighted by Gasteiger charge is -2.32. The van der Waals surface area contributed by atoms with Crippen molar-refractivity contribution < 1.29 is 13.3 Å². The Kier molecular flexibility index (Phi) is 7.27. The summed E-state index contributed by atoms with van der Waals surface area (Å²) in [6, 6.07) is 4.05. The van der Waals surface area contributed by atoms with E-state index in [-0.39, 0.29) is 5.41 Å². The molecule has 36 heavy (non-hydrogen) atoms. The van der Waals surface area contributed by atoms with Crippen molar-refractivity contribution in [2.75, 3.05) is 25.5 Å². The second kappa shape index (κ2) is 10.1. The van der Waals surface area contributed by atoms with E-state index in [0.717, 1.165) is 52.9 Å². The van der Waals surface area contributed by atoms with Gasteiger partial charge >= 0.3 is 0 Å². The summed E-state index contributed by atoms with van der Waals surface area (Å²) in [5.74, 6) is -0.995. The zero-order chi connectivity index (χ0) is 26.1. The van der Waals surface area contributed by atoms with Gasteiger partial charge in [-0.2, -0.15) is 4.98 Å². The number of anilines is 1. The SMILES string of the molecule is C=CC(F)(F)CNCCc1c(C)cc(-c2noc(-c3cnc(NC)c4c3CCC(C)(C)C4)n2)cc1C. The van der Waals surface area contributed by atoms with E-state index in [1.807, 2.05) is 39.2 Å². The smallest absolute Gasteiger partial charge is 0.278 e. The molecule has 1 aliphatic carbocycles. The van der Waals surface area contributed by atoms with Gasteiger partial charge in [0.2, 0.25) is 5.82 Å². The molecule has 1 aliphatic rings. The number of pyridine rings is 1. The first-order chi connectivity index (χ1) is 17.0. The lowest BCUT2D eigenvalue weighted by atomic mass is 9.73. The normalized spacial score (nSPS) is 15.0. The molecular formula is C28H35F2N5O. The van der Waals surface area contributed by atoms with Gasteiger partial charge in [-0.25, -0.2) is 13.8 Å². The van der Waals surface area contributed by atoms with Crippen LogP contribution in [0.3, 0.4) is 0 Å². The van der Waals surface area contributed by atoms with Crippen LogP contribution in [0.5, 0.6) is 0 Å². The van der Waals surface area contributed by atoms with Crippen molar-refractivity contribution in [3.8, 4) is 22.8 Å². The van der Waals surface area contributed by atoms with Gasteiger partial charge in [0.1, 0.15) is 5.82 Å². The highest BCUT2D eigenvalue weighted by Crippen LogP contribution is 2.41. The van der Waals surface area contributed by atoms with Crippen LogP contribution in [0.2, 0.25) is 0 Å². The summed E-state index contributed by atoms with van der Waals surface area (Å²) < 4.78 is 32.4. The summed E-state index contributed by atoms with van der Waals surface area (Å²) in [4.78, 5) is 9.36. The molecule has 3 aromatic rings. The van der Waals surface area contributed by atoms with E-state index in [0.29, 0.717) is 30.8 Å². The van der Waals surface area contributed by atoms with E-state index < -0.39 is 12.5 Å². The van der Waals surface area contributed by atoms with Gasteiger partial charge in [0.05, 0.1) is 12.1 Å². The van der Waals surface area contributed by atoms with Crippen LogP contribution in [0.1, 0.15) is 48.1 Å². The molecule has 0 saturated carbocycles. The van der Waals surface area contributed by atoms with Gasteiger partial charge in [0.25, 0.3) is 11.8 Å². The van der Waals surface area contributed by atoms with Crippen LogP contribution in [0, 0.1) is 19.3 Å². The molecule has 0 amide bonds. The maximum absolute atomic E-state index is 13.4. The van der Waals surface area contributed by atoms with Crippen molar-refractivity contribution in [1.29, 1.82) is 0 Å². The van der Waals surface area contributed by atoms with Crippen LogP contribution in [0.25, 0.3) is 22.8 Å². The van der Waals surface area contributed by atoms with Gasteiger partial charge < -0.3 is 15.2 Å². The zero-order valence-corrected chi connectivity index (χ0v) is 21.8. The van der Waals surface area contributed by atoms with Gasteiger partial charge in [-0.15, -0.1) is 0 Å². The molecule has 0 unspecified atom stereocenters. The third kappa shape index (κ3) is 5.48. The van der Waals surface area contributed by atoms with Gasteiger partial charge in [-0.3, -0.25) is 0 Å². The first-order valence-corrected chi connectivity index (χ1v) is 12.4. The van der Waals surface area contributed by atoms with E-state index in [1.54, 1.807) is 0 Å². The highest BCUT2D eigenvalue weighted by atomic mass is 19.3. The number of fused-ring (bicyclic) bond motifs is 1. The Morgan fingerprint density at radius 2 is 1.92 bits per heavy atom. The Bertz CT molecular complexity index is 1240. The number of aromatic nitrogens is 3. The predicted molar refractivity (Wildman–Crippen MR) is 140 cm³/mol. The van der Waals surface area contributed by atoms with Crippen molar-refractivity contribution in [1.82, 2.24) is 20.4 Å². The molecule has 0 saturated heterocycles. The minimum atomic E-state index is -2.90. The fourth-order valence-corrected chi connectivity index (χ4v) is 5.00. The number of benzene rings is 1. The van der Waals surface area contributed by atoms with Gasteiger partial charge in [-0.1, -0.05) is 25.6 Å². The van der Waals surface area contributed by atoms with E-state index in [1.165, 1.54) is 11.1 Å². The molecule has 0 radical (unpaired) electrons. The summed E-state index contributed by atoms with van der Waals surface area (Å²) in [6.45, 7) is 11.8. The topological polar surface area (TPSA) is 75.9 Å². The van der Waals surface area contributed by atoms with Crippen LogP contribution in [0.15, 0.2) is 35.5 Å². The molecule has 0 aliphatic heterocycles. The molecule has 0 bridgehead atoms. The maximum Gasteiger partial charge on any atom is 0.278 e. The Morgan fingerprint density at radius 3 is 2.58 bits per heavy atom. The third-order valence-electron chi connectivity index (χ3n) is 7.06. The quantitative estimate of drug-likeness (QED) is 0.283. The van der Waals surface area contributed by atoms with Crippen molar-refractivity contribution >= 4 is 5.82 Å². The lowest BCUT2D eigenvalue weighted by molar-refractivity contribution is 0.0559. The van der Waals surface area contributed by atoms with Gasteiger partial charge in [0.15, 0.2) is 0 Å². The molecule has 8 heteroatoms. The Hall–Kier alpha value is -3.13. The summed E-state index contributed by atoms with van der Waals surface area (Å²) in [5.41, 5.74) is 7.68. The van der Waals surface area contributed by atoms with Crippen molar-refractivity contribution in [2.24, 2.45) is 5.41 Å². The molecule has 6 nitrogen and oxygen atoms in total. The van der Waals surface area contributed by atoms with Gasteiger partial charge in [-0.05, 0) is 97.5 Å². The van der Waals surface area contributed by atoms with Crippen molar-refractivity contribution in [3.05, 3.63) is 58.8 Å². The zero-order valence-electron chi connectivity index (χ0n) is 21.8. The van der Waals surface area contributed by atoms with Crippen molar-refractivity contribution in [2.45, 2.75) is 59.3 Å². The minimum absolute atomic E-state index is 0.220. The second-order valence-electron chi connectivity index (χ2n) is 10.5. The standard InChI is InChI=1S/C28H35F2N5O/c1-7-28(29,30)16-32-11-9-20-17(2)12-19(13-18(20)3)24-34-26(36-35-24)23-15-33-25(31-6)22-14-27(4,5)10-8-21(22)23/h7,12-13,15,32H,1,8-11,14,16H2,2-6H3,(H,31,33). The second-order valence-corrected chi connectivity index (χ2v) is 10.5. The molecule has 2 heterocycles. The number of nitrogens with zero attached hydrogens (tertiary/aromatic N) is 3. The third-order valence-corrected chi connectivity index (χ3v) is 7.06. The van der Waals surface area contributed by atoms with Crippen LogP contribution in [-0.2, 0) is 19.3 Å². The molecule has 192 valence electrons. The number of alkyl halides is 2. The lowest BCUT2D eigenvalue weighted by Crippen LogP contribution is -2.32. The Morgan fingerprint density at radius 1 is 1.19 bits per heavy atom. The van der Waals surface area contributed by atoms with E-state index in [2.05, 4.69) is 41.2 Å². The van der Waals surface area contributed by atoms with Crippen LogP contribution in [0.4, 0.5) is 14.6 Å². The average Bonchev–Trinajstić information content (AvgIpc) is 3.31. The number of hydrogen-bond acceptors (Lipinski definition) is 6. The Balaban J connectivity index is 1.56. The first-order valence-electron chi connectivity index (χ1n) is 12.4. The molecule has 0 spiro atoms. The highest BCUT2D eigenvalue weighted by Gasteiger charge is 2.31. The van der Waals surface area contributed by atoms with Gasteiger partial charge in [0, 0.05) is 18.8 Å². The molecule has 2 N–H and O–H groups in total. The maximum atomic E-state index is 13.4. The first kappa shape index (κ1) is 25.9. The highest BCUT2D eigenvalue weighted by molar-refractivity contribution is 5.68. The largest absolute Gasteiger partial charge is 0.373 e. The van der Waals surface area contributed by atoms with Crippen LogP contribution in [-0.4, -0.2) is 41.2 Å². The Labute approximate surface area is 211 Å². The molecule has 4 rings (SSSR count). The number of nitrogens with one attached hydrogen (secondary N) is 2. The summed E-state index contributed by atoms with van der Waals surface area (Å²) in [6.07, 6.45) is 6.11. The summed E-state index contributed by atoms with van der Waals surface area (Å²) in [7, 11) is 1.90. The fraction of sp³-hybridized carbons (Fsp3) is 0.464. The average molecular weight is 496 g/mol.